The number of ether oxygens (including phenoxy) is 1. The molecule has 7 heteroatoms. The van der Waals surface area contributed by atoms with Crippen molar-refractivity contribution in [1.29, 1.82) is 0 Å². The summed E-state index contributed by atoms with van der Waals surface area (Å²) in [6.07, 6.45) is 1.61. The number of anilines is 1. The zero-order valence-corrected chi connectivity index (χ0v) is 11.6. The maximum Gasteiger partial charge on any atom is 0.339 e. The molecule has 0 radical (unpaired) electrons. The predicted molar refractivity (Wildman–Crippen MR) is 75.7 cm³/mol. The number of urea groups is 1. The van der Waals surface area contributed by atoms with Crippen LogP contribution in [0.15, 0.2) is 18.2 Å². The molecule has 1 fully saturated rings. The van der Waals surface area contributed by atoms with E-state index >= 15 is 0 Å². The Kier molecular flexibility index (Phi) is 4.64. The number of benzene rings is 1. The van der Waals surface area contributed by atoms with Crippen LogP contribution in [-0.2, 0) is 4.74 Å². The molecule has 0 bridgehead atoms. The average molecular weight is 294 g/mol. The van der Waals surface area contributed by atoms with Crippen molar-refractivity contribution in [2.24, 2.45) is 0 Å². The SMILES string of the molecule is CC1CC(NC(=O)Nc2ccc(C(=O)O)c(O)c2)CCO1. The molecule has 21 heavy (non-hydrogen) atoms. The molecule has 1 aromatic carbocycles. The number of phenols is 1. The standard InChI is InChI=1S/C14H18N2O5/c1-8-6-10(4-5-21-8)16-14(20)15-9-2-3-11(13(18)19)12(17)7-9/h2-3,7-8,10,17H,4-6H2,1H3,(H,18,19)(H2,15,16,20). The molecular weight excluding hydrogens is 276 g/mol. The van der Waals surface area contributed by atoms with Crippen molar-refractivity contribution in [2.75, 3.05) is 11.9 Å². The molecule has 114 valence electrons. The van der Waals surface area contributed by atoms with E-state index in [0.29, 0.717) is 12.3 Å². The molecule has 1 heterocycles. The summed E-state index contributed by atoms with van der Waals surface area (Å²) in [5.74, 6) is -1.61. The van der Waals surface area contributed by atoms with Crippen molar-refractivity contribution < 1.29 is 24.5 Å². The first kappa shape index (κ1) is 15.1. The highest BCUT2D eigenvalue weighted by Gasteiger charge is 2.21. The number of aromatic hydroxyl groups is 1. The second kappa shape index (κ2) is 6.45. The topological polar surface area (TPSA) is 108 Å². The molecule has 0 saturated carbocycles. The number of rotatable bonds is 3. The lowest BCUT2D eigenvalue weighted by Gasteiger charge is -2.27. The third kappa shape index (κ3) is 4.09. The Morgan fingerprint density at radius 2 is 2.14 bits per heavy atom. The van der Waals surface area contributed by atoms with E-state index in [-0.39, 0.29) is 23.5 Å². The van der Waals surface area contributed by atoms with E-state index in [0.717, 1.165) is 12.8 Å². The first-order valence-corrected chi connectivity index (χ1v) is 6.71. The quantitative estimate of drug-likeness (QED) is 0.679. The molecule has 2 unspecified atom stereocenters. The predicted octanol–water partition coefficient (Wildman–Crippen LogP) is 1.78. The van der Waals surface area contributed by atoms with Gasteiger partial charge in [-0.25, -0.2) is 9.59 Å². The normalized spacial score (nSPS) is 21.6. The Morgan fingerprint density at radius 1 is 1.38 bits per heavy atom. The van der Waals surface area contributed by atoms with Crippen molar-refractivity contribution in [3.05, 3.63) is 23.8 Å². The minimum atomic E-state index is -1.22. The van der Waals surface area contributed by atoms with Crippen LogP contribution in [0, 0.1) is 0 Å². The highest BCUT2D eigenvalue weighted by atomic mass is 16.5. The van der Waals surface area contributed by atoms with Crippen LogP contribution in [-0.4, -0.2) is 41.0 Å². The van der Waals surface area contributed by atoms with E-state index in [1.807, 2.05) is 6.92 Å². The first-order valence-electron chi connectivity index (χ1n) is 6.71. The lowest BCUT2D eigenvalue weighted by Crippen LogP contribution is -2.43. The van der Waals surface area contributed by atoms with Crippen LogP contribution in [0.1, 0.15) is 30.1 Å². The summed E-state index contributed by atoms with van der Waals surface area (Å²) in [6, 6.07) is 3.52. The number of carbonyl (C=O) groups excluding carboxylic acids is 1. The van der Waals surface area contributed by atoms with Crippen LogP contribution < -0.4 is 10.6 Å². The smallest absolute Gasteiger partial charge is 0.339 e. The molecule has 7 nitrogen and oxygen atoms in total. The Morgan fingerprint density at radius 3 is 2.76 bits per heavy atom. The molecule has 1 aromatic rings. The van der Waals surface area contributed by atoms with Gasteiger partial charge in [-0.05, 0) is 31.9 Å². The Balaban J connectivity index is 1.93. The lowest BCUT2D eigenvalue weighted by molar-refractivity contribution is 0.0157. The number of hydrogen-bond donors (Lipinski definition) is 4. The van der Waals surface area contributed by atoms with E-state index in [2.05, 4.69) is 10.6 Å². The maximum atomic E-state index is 11.9. The maximum absolute atomic E-state index is 11.9. The minimum absolute atomic E-state index is 0.0423. The van der Waals surface area contributed by atoms with Gasteiger partial charge in [0.05, 0.1) is 6.10 Å². The minimum Gasteiger partial charge on any atom is -0.507 e. The first-order chi connectivity index (χ1) is 9.95. The molecule has 1 aliphatic rings. The zero-order chi connectivity index (χ0) is 15.4. The fourth-order valence-corrected chi connectivity index (χ4v) is 2.27. The second-order valence-corrected chi connectivity index (χ2v) is 5.04. The summed E-state index contributed by atoms with van der Waals surface area (Å²) in [5.41, 5.74) is 0.120. The van der Waals surface area contributed by atoms with Crippen LogP contribution in [0.25, 0.3) is 0 Å². The van der Waals surface area contributed by atoms with Gasteiger partial charge < -0.3 is 25.6 Å². The van der Waals surface area contributed by atoms with E-state index in [9.17, 15) is 14.7 Å². The Hall–Kier alpha value is -2.28. The Bertz CT molecular complexity index is 546. The molecule has 2 amide bonds. The van der Waals surface area contributed by atoms with E-state index in [4.69, 9.17) is 9.84 Å². The van der Waals surface area contributed by atoms with Crippen molar-refractivity contribution in [3.8, 4) is 5.75 Å². The number of carboxylic acids is 1. The number of carboxylic acid groups (broad SMARTS) is 1. The molecule has 0 aliphatic carbocycles. The number of amides is 2. The van der Waals surface area contributed by atoms with Crippen molar-refractivity contribution in [1.82, 2.24) is 5.32 Å². The molecule has 4 N–H and O–H groups in total. The van der Waals surface area contributed by atoms with Crippen molar-refractivity contribution >= 4 is 17.7 Å². The van der Waals surface area contributed by atoms with Crippen LogP contribution in [0.5, 0.6) is 5.75 Å². The summed E-state index contributed by atoms with van der Waals surface area (Å²) >= 11 is 0. The van der Waals surface area contributed by atoms with Gasteiger partial charge in [0.1, 0.15) is 11.3 Å². The number of carbonyl (C=O) groups is 2. The molecule has 0 aromatic heterocycles. The van der Waals surface area contributed by atoms with Crippen LogP contribution >= 0.6 is 0 Å². The van der Waals surface area contributed by atoms with Crippen LogP contribution in [0.4, 0.5) is 10.5 Å². The van der Waals surface area contributed by atoms with Gasteiger partial charge in [-0.1, -0.05) is 0 Å². The van der Waals surface area contributed by atoms with Gasteiger partial charge in [0.15, 0.2) is 0 Å². The third-order valence-electron chi connectivity index (χ3n) is 3.31. The number of aromatic carboxylic acids is 1. The highest BCUT2D eigenvalue weighted by molar-refractivity contribution is 5.94. The molecule has 2 rings (SSSR count). The summed E-state index contributed by atoms with van der Waals surface area (Å²) in [6.45, 7) is 2.56. The van der Waals surface area contributed by atoms with Gasteiger partial charge in [-0.2, -0.15) is 0 Å². The van der Waals surface area contributed by atoms with Gasteiger partial charge in [-0.3, -0.25) is 0 Å². The van der Waals surface area contributed by atoms with Gasteiger partial charge in [0, 0.05) is 24.4 Å². The van der Waals surface area contributed by atoms with Gasteiger partial charge in [-0.15, -0.1) is 0 Å². The fraction of sp³-hybridized carbons (Fsp3) is 0.429. The van der Waals surface area contributed by atoms with Gasteiger partial charge in [0.25, 0.3) is 0 Å². The fourth-order valence-electron chi connectivity index (χ4n) is 2.27. The lowest BCUT2D eigenvalue weighted by atomic mass is 10.0. The number of hydrogen-bond acceptors (Lipinski definition) is 4. The molecule has 1 aliphatic heterocycles. The van der Waals surface area contributed by atoms with E-state index < -0.39 is 12.0 Å². The van der Waals surface area contributed by atoms with Gasteiger partial charge in [0.2, 0.25) is 0 Å². The molecule has 0 spiro atoms. The van der Waals surface area contributed by atoms with Gasteiger partial charge >= 0.3 is 12.0 Å². The van der Waals surface area contributed by atoms with E-state index in [1.165, 1.54) is 18.2 Å². The molecule has 1 saturated heterocycles. The van der Waals surface area contributed by atoms with Crippen LogP contribution in [0.2, 0.25) is 0 Å². The second-order valence-electron chi connectivity index (χ2n) is 5.04. The molecule has 2 atom stereocenters. The number of nitrogens with one attached hydrogen (secondary N) is 2. The van der Waals surface area contributed by atoms with Crippen molar-refractivity contribution in [2.45, 2.75) is 31.9 Å². The zero-order valence-electron chi connectivity index (χ0n) is 11.6. The molecular formula is C14H18N2O5. The highest BCUT2D eigenvalue weighted by Crippen LogP contribution is 2.22. The summed E-state index contributed by atoms with van der Waals surface area (Å²) in [4.78, 5) is 22.6. The third-order valence-corrected chi connectivity index (χ3v) is 3.31. The summed E-state index contributed by atoms with van der Waals surface area (Å²) in [7, 11) is 0. The monoisotopic (exact) mass is 294 g/mol. The van der Waals surface area contributed by atoms with E-state index in [1.54, 1.807) is 0 Å². The summed E-state index contributed by atoms with van der Waals surface area (Å²) in [5, 5.41) is 23.8. The average Bonchev–Trinajstić information content (AvgIpc) is 2.38. The largest absolute Gasteiger partial charge is 0.507 e. The van der Waals surface area contributed by atoms with Crippen molar-refractivity contribution in [3.63, 3.8) is 0 Å². The van der Waals surface area contributed by atoms with Crippen LogP contribution in [0.3, 0.4) is 0 Å². The summed E-state index contributed by atoms with van der Waals surface area (Å²) < 4.78 is 5.40. The Labute approximate surface area is 121 Å².